The number of phenols is 1. The van der Waals surface area contributed by atoms with Gasteiger partial charge in [-0.05, 0) is 56.9 Å². The first-order chi connectivity index (χ1) is 16.9. The Morgan fingerprint density at radius 2 is 1.83 bits per heavy atom. The minimum Gasteiger partial charge on any atom is -0.508 e. The number of amides is 2. The number of halogens is 3. The summed E-state index contributed by atoms with van der Waals surface area (Å²) in [5, 5.41) is 10.7. The summed E-state index contributed by atoms with van der Waals surface area (Å²) >= 11 is 0. The van der Waals surface area contributed by atoms with Gasteiger partial charge in [-0.1, -0.05) is 11.6 Å². The quantitative estimate of drug-likeness (QED) is 0.385. The van der Waals surface area contributed by atoms with Crippen LogP contribution in [0.4, 0.5) is 13.2 Å². The molecule has 0 saturated carbocycles. The molecular formula is C26H22F3NO6. The zero-order valence-electron chi connectivity index (χ0n) is 19.4. The van der Waals surface area contributed by atoms with Gasteiger partial charge in [0.05, 0.1) is 11.8 Å². The second-order valence-electron chi connectivity index (χ2n) is 9.42. The number of hydrogen-bond donors (Lipinski definition) is 1. The Morgan fingerprint density at radius 1 is 1.11 bits per heavy atom. The number of phenolic OH excluding ortho intramolecular Hbond substituents is 1. The topological polar surface area (TPSA) is 101 Å². The molecule has 5 rings (SSSR count). The van der Waals surface area contributed by atoms with Crippen molar-refractivity contribution in [2.45, 2.75) is 39.0 Å². The lowest BCUT2D eigenvalue weighted by Crippen LogP contribution is -2.39. The van der Waals surface area contributed by atoms with Crippen molar-refractivity contribution in [2.24, 2.45) is 17.8 Å². The van der Waals surface area contributed by atoms with Crippen molar-refractivity contribution in [3.8, 4) is 11.5 Å². The van der Waals surface area contributed by atoms with Crippen molar-refractivity contribution >= 4 is 23.4 Å². The van der Waals surface area contributed by atoms with Crippen molar-refractivity contribution in [3.63, 3.8) is 0 Å². The van der Waals surface area contributed by atoms with Crippen LogP contribution in [-0.4, -0.2) is 46.3 Å². The molecule has 0 aromatic heterocycles. The highest BCUT2D eigenvalue weighted by Crippen LogP contribution is 2.56. The molecule has 1 heterocycles. The van der Waals surface area contributed by atoms with Crippen LogP contribution in [-0.2, 0) is 19.2 Å². The van der Waals surface area contributed by atoms with Crippen molar-refractivity contribution in [2.75, 3.05) is 6.54 Å². The molecule has 0 spiro atoms. The Balaban J connectivity index is 1.70. The van der Waals surface area contributed by atoms with E-state index in [-0.39, 0.29) is 59.2 Å². The number of likely N-dealkylation sites (tertiary alicyclic amines) is 1. The second kappa shape index (κ2) is 8.18. The van der Waals surface area contributed by atoms with E-state index in [9.17, 15) is 37.5 Å². The third kappa shape index (κ3) is 3.58. The minimum atomic E-state index is -4.98. The standard InChI is InChI=1S/C26H22F3NO6/c1-3-30-24(34)14-6-5-13-15(21(14)25(30)35)10-17-22(19(32)8-11(2)23(17)33)20(13)16-9-12(4-7-18(16)31)36-26(27,28)29/h4-5,7-9,14-15,20-21,31H,3,6,10H2,1-2H3/t14-,15+,20+,21-/m0/s1. The average Bonchev–Trinajstić information content (AvgIpc) is 3.06. The number of imide groups is 1. The third-order valence-electron chi connectivity index (χ3n) is 7.51. The van der Waals surface area contributed by atoms with E-state index in [0.29, 0.717) is 5.57 Å². The molecule has 36 heavy (non-hydrogen) atoms. The molecule has 188 valence electrons. The van der Waals surface area contributed by atoms with Gasteiger partial charge in [-0.15, -0.1) is 13.2 Å². The van der Waals surface area contributed by atoms with E-state index in [1.807, 2.05) is 0 Å². The number of rotatable bonds is 3. The number of Topliss-reactive ketones (excluding diaryl/α,β-unsaturated/α-hetero) is 1. The van der Waals surface area contributed by atoms with E-state index >= 15 is 0 Å². The van der Waals surface area contributed by atoms with Gasteiger partial charge < -0.3 is 9.84 Å². The normalized spacial score (nSPS) is 28.0. The molecule has 1 aromatic rings. The number of nitrogens with zero attached hydrogens (tertiary/aromatic N) is 1. The van der Waals surface area contributed by atoms with Gasteiger partial charge in [0.15, 0.2) is 11.6 Å². The monoisotopic (exact) mass is 501 g/mol. The van der Waals surface area contributed by atoms with Crippen molar-refractivity contribution in [3.05, 3.63) is 58.2 Å². The molecule has 10 heteroatoms. The first-order valence-corrected chi connectivity index (χ1v) is 11.6. The lowest BCUT2D eigenvalue weighted by Gasteiger charge is -2.42. The SMILES string of the molecule is CCN1C(=O)[C@H]2[C@H](CC=C3[C@H](c4cc(OC(F)(F)F)ccc4O)C4=C(C[C@H]32)C(=O)C(C)=CC4=O)C1=O. The number of allylic oxidation sites excluding steroid dienone is 6. The molecule has 1 saturated heterocycles. The summed E-state index contributed by atoms with van der Waals surface area (Å²) in [6, 6.07) is 2.98. The molecule has 1 aromatic carbocycles. The van der Waals surface area contributed by atoms with E-state index in [0.717, 1.165) is 18.2 Å². The Bertz CT molecular complexity index is 1320. The molecule has 1 aliphatic heterocycles. The van der Waals surface area contributed by atoms with Crippen molar-refractivity contribution in [1.82, 2.24) is 4.90 Å². The summed E-state index contributed by atoms with van der Waals surface area (Å²) in [5.74, 6) is -5.63. The lowest BCUT2D eigenvalue weighted by molar-refractivity contribution is -0.274. The molecule has 1 N–H and O–H groups in total. The number of hydrogen-bond acceptors (Lipinski definition) is 6. The summed E-state index contributed by atoms with van der Waals surface area (Å²) in [7, 11) is 0. The van der Waals surface area contributed by atoms with Gasteiger partial charge in [-0.25, -0.2) is 0 Å². The molecular weight excluding hydrogens is 479 g/mol. The van der Waals surface area contributed by atoms with E-state index in [4.69, 9.17) is 0 Å². The molecule has 4 aliphatic rings. The minimum absolute atomic E-state index is 0.0446. The number of carbonyl (C=O) groups is 4. The molecule has 0 bridgehead atoms. The zero-order chi connectivity index (χ0) is 26.1. The van der Waals surface area contributed by atoms with Crippen LogP contribution in [0.25, 0.3) is 0 Å². The van der Waals surface area contributed by atoms with Gasteiger partial charge in [0, 0.05) is 34.7 Å². The first kappa shape index (κ1) is 24.0. The fourth-order valence-corrected chi connectivity index (χ4v) is 6.08. The van der Waals surface area contributed by atoms with Gasteiger partial charge in [0.2, 0.25) is 11.8 Å². The predicted molar refractivity (Wildman–Crippen MR) is 119 cm³/mol. The molecule has 2 amide bonds. The number of carbonyl (C=O) groups excluding carboxylic acids is 4. The predicted octanol–water partition coefficient (Wildman–Crippen LogP) is 3.74. The summed E-state index contributed by atoms with van der Waals surface area (Å²) in [6.45, 7) is 3.38. The summed E-state index contributed by atoms with van der Waals surface area (Å²) in [5.41, 5.74) is 0.916. The first-order valence-electron chi connectivity index (χ1n) is 11.6. The van der Waals surface area contributed by atoms with Crippen LogP contribution in [0.5, 0.6) is 11.5 Å². The molecule has 0 unspecified atom stereocenters. The maximum absolute atomic E-state index is 13.2. The second-order valence-corrected chi connectivity index (χ2v) is 9.42. The molecule has 1 fully saturated rings. The lowest BCUT2D eigenvalue weighted by atomic mass is 9.59. The van der Waals surface area contributed by atoms with Crippen LogP contribution in [0, 0.1) is 17.8 Å². The van der Waals surface area contributed by atoms with Crippen LogP contribution in [0.1, 0.15) is 38.2 Å². The maximum Gasteiger partial charge on any atom is 0.573 e. The highest BCUT2D eigenvalue weighted by Gasteiger charge is 2.56. The summed E-state index contributed by atoms with van der Waals surface area (Å²) in [4.78, 5) is 53.6. The van der Waals surface area contributed by atoms with Crippen LogP contribution in [0.2, 0.25) is 0 Å². The van der Waals surface area contributed by atoms with E-state index in [1.165, 1.54) is 17.9 Å². The number of fused-ring (bicyclic) bond motifs is 3. The summed E-state index contributed by atoms with van der Waals surface area (Å²) in [6.07, 6.45) is -1.83. The van der Waals surface area contributed by atoms with Gasteiger partial charge >= 0.3 is 6.36 Å². The largest absolute Gasteiger partial charge is 0.573 e. The van der Waals surface area contributed by atoms with Crippen LogP contribution >= 0.6 is 0 Å². The van der Waals surface area contributed by atoms with E-state index < -0.39 is 47.3 Å². The molecule has 4 atom stereocenters. The van der Waals surface area contributed by atoms with Crippen LogP contribution in [0.3, 0.4) is 0 Å². The van der Waals surface area contributed by atoms with E-state index in [2.05, 4.69) is 4.74 Å². The van der Waals surface area contributed by atoms with Gasteiger partial charge in [-0.2, -0.15) is 0 Å². The fraction of sp³-hybridized carbons (Fsp3) is 0.385. The Labute approximate surface area is 203 Å². The van der Waals surface area contributed by atoms with Crippen LogP contribution in [0.15, 0.2) is 52.6 Å². The highest BCUT2D eigenvalue weighted by atomic mass is 19.4. The number of benzene rings is 1. The fourth-order valence-electron chi connectivity index (χ4n) is 6.08. The summed E-state index contributed by atoms with van der Waals surface area (Å²) < 4.78 is 42.8. The highest BCUT2D eigenvalue weighted by molar-refractivity contribution is 6.23. The Hall–Kier alpha value is -3.69. The maximum atomic E-state index is 13.2. The van der Waals surface area contributed by atoms with Crippen molar-refractivity contribution < 1.29 is 42.2 Å². The molecule has 7 nitrogen and oxygen atoms in total. The zero-order valence-corrected chi connectivity index (χ0v) is 19.4. The number of ether oxygens (including phenoxy) is 1. The molecule has 0 radical (unpaired) electrons. The third-order valence-corrected chi connectivity index (χ3v) is 7.51. The number of alkyl halides is 3. The average molecular weight is 501 g/mol. The van der Waals surface area contributed by atoms with Crippen LogP contribution < -0.4 is 4.74 Å². The Kier molecular flexibility index (Phi) is 5.46. The van der Waals surface area contributed by atoms with Gasteiger partial charge in [0.25, 0.3) is 0 Å². The smallest absolute Gasteiger partial charge is 0.508 e. The molecule has 3 aliphatic carbocycles. The van der Waals surface area contributed by atoms with E-state index in [1.54, 1.807) is 13.0 Å². The Morgan fingerprint density at radius 3 is 2.50 bits per heavy atom. The number of aromatic hydroxyl groups is 1. The number of ketones is 2. The van der Waals surface area contributed by atoms with Crippen molar-refractivity contribution in [1.29, 1.82) is 0 Å². The van der Waals surface area contributed by atoms with Gasteiger partial charge in [0.1, 0.15) is 11.5 Å². The van der Waals surface area contributed by atoms with Gasteiger partial charge in [-0.3, -0.25) is 24.1 Å².